The van der Waals surface area contributed by atoms with Crippen molar-refractivity contribution in [1.29, 1.82) is 0 Å². The summed E-state index contributed by atoms with van der Waals surface area (Å²) < 4.78 is 8.99. The zero-order valence-corrected chi connectivity index (χ0v) is 9.06. The predicted octanol–water partition coefficient (Wildman–Crippen LogP) is 1.75. The summed E-state index contributed by atoms with van der Waals surface area (Å²) in [7, 11) is 0. The Bertz CT molecular complexity index is 386. The lowest BCUT2D eigenvalue weighted by Gasteiger charge is -2.01. The summed E-state index contributed by atoms with van der Waals surface area (Å²) in [6.07, 6.45) is 1.58. The molecule has 0 aliphatic carbocycles. The molecule has 5 nitrogen and oxygen atoms in total. The number of hydrogen-bond acceptors (Lipinski definition) is 7. The van der Waals surface area contributed by atoms with E-state index in [1.807, 2.05) is 12.3 Å². The molecule has 2 aromatic heterocycles. The molecule has 0 aliphatic rings. The van der Waals surface area contributed by atoms with Gasteiger partial charge >= 0.3 is 0 Å². The summed E-state index contributed by atoms with van der Waals surface area (Å²) in [5, 5.41) is 10.2. The topological polar surface area (TPSA) is 59.9 Å². The third-order valence-electron chi connectivity index (χ3n) is 1.40. The molecule has 0 amide bonds. The molecule has 2 aromatic rings. The maximum absolute atomic E-state index is 5.31. The molecule has 0 fully saturated rings. The Hall–Kier alpha value is -1.21. The fourth-order valence-electron chi connectivity index (χ4n) is 0.826. The lowest BCUT2D eigenvalue weighted by molar-refractivity contribution is 0.356. The van der Waals surface area contributed by atoms with E-state index >= 15 is 0 Å². The number of anilines is 1. The highest BCUT2D eigenvalue weighted by molar-refractivity contribution is 7.13. The van der Waals surface area contributed by atoms with Gasteiger partial charge in [-0.15, -0.1) is 16.4 Å². The van der Waals surface area contributed by atoms with Gasteiger partial charge in [0.25, 0.3) is 0 Å². The molecule has 0 unspecified atom stereocenters. The molecule has 0 bridgehead atoms. The molecule has 74 valence electrons. The van der Waals surface area contributed by atoms with Gasteiger partial charge in [0.1, 0.15) is 6.20 Å². The quantitative estimate of drug-likeness (QED) is 0.808. The molecule has 1 N–H and O–H groups in total. The monoisotopic (exact) mass is 228 g/mol. The average molecular weight is 228 g/mol. The minimum atomic E-state index is 0.386. The van der Waals surface area contributed by atoms with Crippen LogP contribution in [0.3, 0.4) is 0 Å². The van der Waals surface area contributed by atoms with Gasteiger partial charge in [0.15, 0.2) is 11.9 Å². The Morgan fingerprint density at radius 2 is 2.50 bits per heavy atom. The van der Waals surface area contributed by atoms with Crippen molar-refractivity contribution in [3.8, 4) is 5.06 Å². The molecule has 0 saturated carbocycles. The first kappa shape index (κ1) is 9.35. The Morgan fingerprint density at radius 3 is 3.14 bits per heavy atom. The summed E-state index contributed by atoms with van der Waals surface area (Å²) >= 11 is 2.78. The normalized spacial score (nSPS) is 10.1. The number of hydrogen-bond donors (Lipinski definition) is 1. The molecule has 0 radical (unpaired) electrons. The Labute approximate surface area is 88.9 Å². The van der Waals surface area contributed by atoms with Crippen LogP contribution in [0.4, 0.5) is 5.13 Å². The minimum absolute atomic E-state index is 0.386. The molecule has 0 aromatic carbocycles. The number of ether oxygens (including phenoxy) is 1. The second-order valence-corrected chi connectivity index (χ2v) is 4.10. The molecule has 2 rings (SSSR count). The molecular formula is C7H8N4OS2. The summed E-state index contributed by atoms with van der Waals surface area (Å²) in [6.45, 7) is 2.34. The van der Waals surface area contributed by atoms with Crippen molar-refractivity contribution >= 4 is 28.0 Å². The van der Waals surface area contributed by atoms with Crippen molar-refractivity contribution in [3.05, 3.63) is 17.3 Å². The zero-order valence-electron chi connectivity index (χ0n) is 7.43. The maximum atomic E-state index is 5.31. The van der Waals surface area contributed by atoms with Crippen LogP contribution in [0.5, 0.6) is 5.06 Å². The van der Waals surface area contributed by atoms with Crippen molar-refractivity contribution in [1.82, 2.24) is 14.6 Å². The van der Waals surface area contributed by atoms with Crippen LogP contribution in [-0.4, -0.2) is 21.3 Å². The first-order chi connectivity index (χ1) is 6.84. The van der Waals surface area contributed by atoms with E-state index < -0.39 is 0 Å². The van der Waals surface area contributed by atoms with E-state index in [2.05, 4.69) is 19.9 Å². The fraction of sp³-hybridized carbons (Fsp3) is 0.286. The van der Waals surface area contributed by atoms with Crippen molar-refractivity contribution in [2.75, 3.05) is 12.0 Å². The van der Waals surface area contributed by atoms with E-state index in [1.165, 1.54) is 11.5 Å². The summed E-state index contributed by atoms with van der Waals surface area (Å²) in [4.78, 5) is 4.23. The standard InChI is InChI=1S/C7H8N4OS2/c1-5-3-13-7(10-5)8-4-12-6-2-9-11-14-6/h2-3H,4H2,1H3,(H,8,10). The van der Waals surface area contributed by atoms with Gasteiger partial charge in [-0.3, -0.25) is 0 Å². The first-order valence-electron chi connectivity index (χ1n) is 3.91. The lowest BCUT2D eigenvalue weighted by atomic mass is 10.6. The Balaban J connectivity index is 1.78. The van der Waals surface area contributed by atoms with Crippen LogP contribution < -0.4 is 10.1 Å². The highest BCUT2D eigenvalue weighted by Gasteiger charge is 1.98. The van der Waals surface area contributed by atoms with Crippen molar-refractivity contribution in [2.24, 2.45) is 0 Å². The molecule has 2 heterocycles. The van der Waals surface area contributed by atoms with Gasteiger partial charge in [-0.2, -0.15) is 0 Å². The minimum Gasteiger partial charge on any atom is -0.460 e. The summed E-state index contributed by atoms with van der Waals surface area (Å²) in [5.74, 6) is 0. The van der Waals surface area contributed by atoms with Gasteiger partial charge in [0.2, 0.25) is 5.06 Å². The molecular weight excluding hydrogens is 220 g/mol. The highest BCUT2D eigenvalue weighted by atomic mass is 32.1. The second-order valence-electron chi connectivity index (χ2n) is 2.50. The number of nitrogens with one attached hydrogen (secondary N) is 1. The molecule has 14 heavy (non-hydrogen) atoms. The third kappa shape index (κ3) is 2.39. The van der Waals surface area contributed by atoms with Crippen LogP contribution in [0.2, 0.25) is 0 Å². The van der Waals surface area contributed by atoms with E-state index in [1.54, 1.807) is 17.5 Å². The Morgan fingerprint density at radius 1 is 1.57 bits per heavy atom. The van der Waals surface area contributed by atoms with Crippen LogP contribution in [-0.2, 0) is 0 Å². The fourth-order valence-corrected chi connectivity index (χ4v) is 1.88. The number of aromatic nitrogens is 3. The van der Waals surface area contributed by atoms with E-state index in [0.29, 0.717) is 11.8 Å². The summed E-state index contributed by atoms with van der Waals surface area (Å²) in [5.41, 5.74) is 1.01. The molecule has 0 aliphatic heterocycles. The van der Waals surface area contributed by atoms with Crippen molar-refractivity contribution < 1.29 is 4.74 Å². The van der Waals surface area contributed by atoms with Crippen molar-refractivity contribution in [3.63, 3.8) is 0 Å². The largest absolute Gasteiger partial charge is 0.460 e. The molecule has 0 saturated heterocycles. The van der Waals surface area contributed by atoms with E-state index in [4.69, 9.17) is 4.74 Å². The van der Waals surface area contributed by atoms with E-state index in [9.17, 15) is 0 Å². The van der Waals surface area contributed by atoms with Crippen LogP contribution >= 0.6 is 22.9 Å². The van der Waals surface area contributed by atoms with Crippen LogP contribution in [0, 0.1) is 6.92 Å². The van der Waals surface area contributed by atoms with E-state index in [0.717, 1.165) is 10.8 Å². The van der Waals surface area contributed by atoms with E-state index in [-0.39, 0.29) is 0 Å². The van der Waals surface area contributed by atoms with Crippen LogP contribution in [0.15, 0.2) is 11.6 Å². The van der Waals surface area contributed by atoms with Gasteiger partial charge < -0.3 is 10.1 Å². The SMILES string of the molecule is Cc1csc(NCOc2cnns2)n1. The number of aryl methyl sites for hydroxylation is 1. The van der Waals surface area contributed by atoms with Gasteiger partial charge in [-0.05, 0) is 6.92 Å². The smallest absolute Gasteiger partial charge is 0.215 e. The van der Waals surface area contributed by atoms with Gasteiger partial charge in [-0.1, -0.05) is 4.49 Å². The number of rotatable bonds is 4. The molecule has 0 atom stereocenters. The molecule has 7 heteroatoms. The number of thiazole rings is 1. The second kappa shape index (κ2) is 4.34. The zero-order chi connectivity index (χ0) is 9.80. The van der Waals surface area contributed by atoms with Crippen LogP contribution in [0.1, 0.15) is 5.69 Å². The molecule has 0 spiro atoms. The van der Waals surface area contributed by atoms with Gasteiger partial charge in [0.05, 0.1) is 5.69 Å². The summed E-state index contributed by atoms with van der Waals surface area (Å²) in [6, 6.07) is 0. The predicted molar refractivity (Wildman–Crippen MR) is 55.9 cm³/mol. The third-order valence-corrected chi connectivity index (χ3v) is 2.89. The first-order valence-corrected chi connectivity index (χ1v) is 5.56. The van der Waals surface area contributed by atoms with Gasteiger partial charge in [0, 0.05) is 16.9 Å². The lowest BCUT2D eigenvalue weighted by Crippen LogP contribution is -2.07. The Kier molecular flexibility index (Phi) is 2.90. The number of nitrogens with zero attached hydrogens (tertiary/aromatic N) is 3. The average Bonchev–Trinajstić information content (AvgIpc) is 2.77. The highest BCUT2D eigenvalue weighted by Crippen LogP contribution is 2.15. The maximum Gasteiger partial charge on any atom is 0.215 e. The van der Waals surface area contributed by atoms with Crippen molar-refractivity contribution in [2.45, 2.75) is 6.92 Å². The van der Waals surface area contributed by atoms with Crippen LogP contribution in [0.25, 0.3) is 0 Å². The van der Waals surface area contributed by atoms with Gasteiger partial charge in [-0.25, -0.2) is 4.98 Å².